The molecule has 6 nitrogen and oxygen atoms in total. The van der Waals surface area contributed by atoms with Crippen LogP contribution in [0.5, 0.6) is 0 Å². The fraction of sp³-hybridized carbons (Fsp3) is 0.611. The van der Waals surface area contributed by atoms with E-state index < -0.39 is 10.0 Å². The highest BCUT2D eigenvalue weighted by Crippen LogP contribution is 2.28. The van der Waals surface area contributed by atoms with Gasteiger partial charge in [0.25, 0.3) is 5.91 Å². The second kappa shape index (κ2) is 8.69. The van der Waals surface area contributed by atoms with Gasteiger partial charge in [0.05, 0.1) is 17.2 Å². The van der Waals surface area contributed by atoms with Crippen LogP contribution in [0.2, 0.25) is 5.02 Å². The van der Waals surface area contributed by atoms with Crippen molar-refractivity contribution >= 4 is 27.5 Å². The molecule has 26 heavy (non-hydrogen) atoms. The van der Waals surface area contributed by atoms with Crippen LogP contribution < -0.4 is 0 Å². The molecule has 1 fully saturated rings. The third-order valence-corrected chi connectivity index (χ3v) is 6.69. The molecule has 0 saturated carbocycles. The monoisotopic (exact) mass is 402 g/mol. The zero-order chi connectivity index (χ0) is 19.5. The standard InChI is InChI=1S/C18H27ClN2O4S/c1-5-6-9-20(4)18(22)15-7-8-16(19)17(10-15)26(23,24)21-11-13(2)25-14(3)12-21/h7-8,10,13-14H,5-6,9,11-12H2,1-4H3. The van der Waals surface area contributed by atoms with Gasteiger partial charge in [0, 0.05) is 32.2 Å². The van der Waals surface area contributed by atoms with E-state index in [-0.39, 0.29) is 41.1 Å². The molecule has 2 unspecified atom stereocenters. The fourth-order valence-corrected chi connectivity index (χ4v) is 5.11. The maximum atomic E-state index is 13.1. The van der Waals surface area contributed by atoms with Crippen molar-refractivity contribution in [1.82, 2.24) is 9.21 Å². The fourth-order valence-electron chi connectivity index (χ4n) is 3.02. The number of unbranched alkanes of at least 4 members (excludes halogenated alkanes) is 1. The highest BCUT2D eigenvalue weighted by atomic mass is 35.5. The van der Waals surface area contributed by atoms with Crippen LogP contribution >= 0.6 is 11.6 Å². The number of carbonyl (C=O) groups excluding carboxylic acids is 1. The Balaban J connectivity index is 2.32. The molecule has 0 bridgehead atoms. The number of hydrogen-bond acceptors (Lipinski definition) is 4. The molecule has 0 spiro atoms. The summed E-state index contributed by atoms with van der Waals surface area (Å²) in [4.78, 5) is 14.1. The Kier molecular flexibility index (Phi) is 7.07. The van der Waals surface area contributed by atoms with Crippen molar-refractivity contribution in [3.05, 3.63) is 28.8 Å². The summed E-state index contributed by atoms with van der Waals surface area (Å²) in [5.41, 5.74) is 0.320. The van der Waals surface area contributed by atoms with Gasteiger partial charge >= 0.3 is 0 Å². The van der Waals surface area contributed by atoms with E-state index in [1.165, 1.54) is 16.4 Å². The van der Waals surface area contributed by atoms with Crippen molar-refractivity contribution < 1.29 is 17.9 Å². The Bertz CT molecular complexity index is 744. The SMILES string of the molecule is CCCCN(C)C(=O)c1ccc(Cl)c(S(=O)(=O)N2CC(C)OC(C)C2)c1. The van der Waals surface area contributed by atoms with Crippen LogP contribution in [-0.2, 0) is 14.8 Å². The van der Waals surface area contributed by atoms with E-state index in [1.54, 1.807) is 18.0 Å². The molecule has 1 amide bonds. The lowest BCUT2D eigenvalue weighted by Crippen LogP contribution is -2.48. The minimum atomic E-state index is -3.81. The first kappa shape index (κ1) is 21.2. The predicted molar refractivity (Wildman–Crippen MR) is 102 cm³/mol. The van der Waals surface area contributed by atoms with E-state index in [4.69, 9.17) is 16.3 Å². The highest BCUT2D eigenvalue weighted by molar-refractivity contribution is 7.89. The number of rotatable bonds is 6. The molecule has 0 aliphatic carbocycles. The first-order valence-corrected chi connectivity index (χ1v) is 10.7. The Hall–Kier alpha value is -1.15. The zero-order valence-corrected chi connectivity index (χ0v) is 17.3. The van der Waals surface area contributed by atoms with Crippen molar-refractivity contribution in [2.24, 2.45) is 0 Å². The summed E-state index contributed by atoms with van der Waals surface area (Å²) in [5.74, 6) is -0.213. The number of morpholine rings is 1. The maximum absolute atomic E-state index is 13.1. The van der Waals surface area contributed by atoms with Crippen molar-refractivity contribution in [3.8, 4) is 0 Å². The normalized spacial score (nSPS) is 21.6. The highest BCUT2D eigenvalue weighted by Gasteiger charge is 2.34. The molecule has 1 heterocycles. The van der Waals surface area contributed by atoms with E-state index in [0.29, 0.717) is 12.1 Å². The molecule has 8 heteroatoms. The predicted octanol–water partition coefficient (Wildman–Crippen LogP) is 3.01. The molecule has 1 saturated heterocycles. The summed E-state index contributed by atoms with van der Waals surface area (Å²) in [5, 5.41) is 0.115. The van der Waals surface area contributed by atoms with Gasteiger partial charge in [-0.25, -0.2) is 8.42 Å². The van der Waals surface area contributed by atoms with Crippen LogP contribution in [-0.4, -0.2) is 62.4 Å². The van der Waals surface area contributed by atoms with Crippen molar-refractivity contribution in [2.45, 2.75) is 50.7 Å². The summed E-state index contributed by atoms with van der Waals surface area (Å²) in [6.07, 6.45) is 1.48. The third-order valence-electron chi connectivity index (χ3n) is 4.38. The Morgan fingerprint density at radius 3 is 2.50 bits per heavy atom. The smallest absolute Gasteiger partial charge is 0.253 e. The van der Waals surface area contributed by atoms with E-state index in [9.17, 15) is 13.2 Å². The molecule has 1 aliphatic heterocycles. The summed E-state index contributed by atoms with van der Waals surface area (Å²) < 4.78 is 33.1. The number of sulfonamides is 1. The Morgan fingerprint density at radius 2 is 1.92 bits per heavy atom. The molecule has 2 rings (SSSR count). The van der Waals surface area contributed by atoms with Gasteiger partial charge in [0.15, 0.2) is 0 Å². The first-order chi connectivity index (χ1) is 12.2. The van der Waals surface area contributed by atoms with Gasteiger partial charge in [-0.05, 0) is 38.5 Å². The number of ether oxygens (including phenoxy) is 1. The van der Waals surface area contributed by atoms with Crippen LogP contribution in [0.25, 0.3) is 0 Å². The van der Waals surface area contributed by atoms with E-state index >= 15 is 0 Å². The maximum Gasteiger partial charge on any atom is 0.253 e. The summed E-state index contributed by atoms with van der Waals surface area (Å²) >= 11 is 6.18. The number of halogens is 1. The van der Waals surface area contributed by atoms with Crippen molar-refractivity contribution in [3.63, 3.8) is 0 Å². The van der Waals surface area contributed by atoms with Crippen LogP contribution in [0.1, 0.15) is 44.0 Å². The third kappa shape index (κ3) is 4.76. The van der Waals surface area contributed by atoms with Crippen molar-refractivity contribution in [1.29, 1.82) is 0 Å². The molecular formula is C18H27ClN2O4S. The molecule has 0 radical (unpaired) electrons. The average Bonchev–Trinajstić information content (AvgIpc) is 2.58. The van der Waals surface area contributed by atoms with Crippen molar-refractivity contribution in [2.75, 3.05) is 26.7 Å². The quantitative estimate of drug-likeness (QED) is 0.733. The molecule has 1 aromatic rings. The van der Waals surface area contributed by atoms with Gasteiger partial charge in [-0.2, -0.15) is 4.31 Å². The number of nitrogens with zero attached hydrogens (tertiary/aromatic N) is 2. The van der Waals surface area contributed by atoms with Crippen LogP contribution in [0.3, 0.4) is 0 Å². The second-order valence-corrected chi connectivity index (χ2v) is 9.12. The minimum Gasteiger partial charge on any atom is -0.373 e. The molecule has 146 valence electrons. The number of carbonyl (C=O) groups is 1. The largest absolute Gasteiger partial charge is 0.373 e. The molecule has 0 N–H and O–H groups in total. The Labute approximate surface area is 161 Å². The van der Waals surface area contributed by atoms with Gasteiger partial charge in [0.1, 0.15) is 4.90 Å². The van der Waals surface area contributed by atoms with Gasteiger partial charge in [0.2, 0.25) is 10.0 Å². The van der Waals surface area contributed by atoms with Gasteiger partial charge < -0.3 is 9.64 Å². The lowest BCUT2D eigenvalue weighted by Gasteiger charge is -2.34. The summed E-state index contributed by atoms with van der Waals surface area (Å²) in [6, 6.07) is 4.42. The first-order valence-electron chi connectivity index (χ1n) is 8.87. The zero-order valence-electron chi connectivity index (χ0n) is 15.7. The average molecular weight is 403 g/mol. The number of amides is 1. The molecule has 0 aromatic heterocycles. The topological polar surface area (TPSA) is 66.9 Å². The van der Waals surface area contributed by atoms with Crippen LogP contribution in [0.15, 0.2) is 23.1 Å². The molecule has 1 aromatic carbocycles. The Morgan fingerprint density at radius 1 is 1.31 bits per heavy atom. The van der Waals surface area contributed by atoms with E-state index in [2.05, 4.69) is 6.92 Å². The second-order valence-electron chi connectivity index (χ2n) is 6.80. The lowest BCUT2D eigenvalue weighted by molar-refractivity contribution is -0.0440. The molecule has 2 atom stereocenters. The number of benzene rings is 1. The molecule has 1 aliphatic rings. The summed E-state index contributed by atoms with van der Waals surface area (Å²) in [7, 11) is -2.09. The number of hydrogen-bond donors (Lipinski definition) is 0. The van der Waals surface area contributed by atoms with E-state index in [1.807, 2.05) is 13.8 Å². The molecular weight excluding hydrogens is 376 g/mol. The lowest BCUT2D eigenvalue weighted by atomic mass is 10.2. The van der Waals surface area contributed by atoms with Gasteiger partial charge in [-0.1, -0.05) is 24.9 Å². The summed E-state index contributed by atoms with van der Waals surface area (Å²) in [6.45, 7) is 6.87. The van der Waals surface area contributed by atoms with Gasteiger partial charge in [-0.3, -0.25) is 4.79 Å². The van der Waals surface area contributed by atoms with Gasteiger partial charge in [-0.15, -0.1) is 0 Å². The van der Waals surface area contributed by atoms with Crippen LogP contribution in [0, 0.1) is 0 Å². The van der Waals surface area contributed by atoms with E-state index in [0.717, 1.165) is 12.8 Å². The van der Waals surface area contributed by atoms with Crippen LogP contribution in [0.4, 0.5) is 0 Å². The minimum absolute atomic E-state index is 0.0322.